The molecule has 1 heterocycles. The van der Waals surface area contributed by atoms with E-state index in [4.69, 9.17) is 9.47 Å². The van der Waals surface area contributed by atoms with Crippen molar-refractivity contribution >= 4 is 12.0 Å². The highest BCUT2D eigenvalue weighted by atomic mass is 127. The molecule has 0 atom stereocenters. The molecule has 48 heavy (non-hydrogen) atoms. The van der Waals surface area contributed by atoms with Crippen molar-refractivity contribution in [1.29, 1.82) is 0 Å². The monoisotopic (exact) mass is 770 g/mol. The molecule has 0 bridgehead atoms. The van der Waals surface area contributed by atoms with E-state index in [2.05, 4.69) is 40.7 Å². The summed E-state index contributed by atoms with van der Waals surface area (Å²) >= 11 is 0. The highest BCUT2D eigenvalue weighted by molar-refractivity contribution is 6.02. The minimum absolute atomic E-state index is 0. The summed E-state index contributed by atoms with van der Waals surface area (Å²) in [5.74, 6) is 0.490. The van der Waals surface area contributed by atoms with E-state index in [1.54, 1.807) is 24.3 Å². The summed E-state index contributed by atoms with van der Waals surface area (Å²) in [5, 5.41) is 0. The second kappa shape index (κ2) is 22.6. The van der Waals surface area contributed by atoms with Crippen LogP contribution >= 0.6 is 0 Å². The minimum Gasteiger partial charge on any atom is -1.00 e. The van der Waals surface area contributed by atoms with Crippen molar-refractivity contribution in [2.75, 3.05) is 6.61 Å². The molecule has 0 unspecified atom stereocenters. The van der Waals surface area contributed by atoms with Crippen molar-refractivity contribution in [2.45, 2.75) is 137 Å². The highest BCUT2D eigenvalue weighted by Gasteiger charge is 2.26. The molecule has 0 N–H and O–H groups in total. The highest BCUT2D eigenvalue weighted by Crippen LogP contribution is 2.33. The van der Waals surface area contributed by atoms with Gasteiger partial charge in [-0.1, -0.05) is 123 Å². The van der Waals surface area contributed by atoms with Gasteiger partial charge in [-0.25, -0.2) is 14.3 Å². The molecule has 3 rings (SSSR count). The fourth-order valence-electron chi connectivity index (χ4n) is 5.67. The number of hydrogen-bond donors (Lipinski definition) is 0. The quantitative estimate of drug-likeness (QED) is 0.0686. The Hall–Kier alpha value is -2.94. The van der Waals surface area contributed by atoms with Crippen LogP contribution in [0.4, 0.5) is 4.79 Å². The number of benzene rings is 2. The Morgan fingerprint density at radius 1 is 0.729 bits per heavy atom. The largest absolute Gasteiger partial charge is 1.00 e. The molecule has 0 aliphatic rings. The predicted molar refractivity (Wildman–Crippen MR) is 191 cm³/mol. The Kier molecular flexibility index (Phi) is 19.5. The van der Waals surface area contributed by atoms with Crippen molar-refractivity contribution in [2.24, 2.45) is 0 Å². The van der Waals surface area contributed by atoms with E-state index in [-0.39, 0.29) is 48.5 Å². The maximum Gasteiger partial charge on any atom is 0.417 e. The topological polar surface area (TPSA) is 59.7 Å². The van der Waals surface area contributed by atoms with Gasteiger partial charge >= 0.3 is 6.09 Å². The van der Waals surface area contributed by atoms with E-state index in [1.165, 1.54) is 75.5 Å². The normalized spacial score (nSPS) is 11.1. The Bertz CT molecular complexity index is 1340. The van der Waals surface area contributed by atoms with E-state index < -0.39 is 6.09 Å². The number of rotatable bonds is 20. The van der Waals surface area contributed by atoms with E-state index in [1.807, 2.05) is 47.3 Å². The number of carbonyl (C=O) groups excluding carboxylic acids is 2. The Morgan fingerprint density at radius 2 is 1.31 bits per heavy atom. The van der Waals surface area contributed by atoms with Gasteiger partial charge in [-0.2, -0.15) is 0 Å². The molecular weight excluding hydrogens is 711 g/mol. The van der Waals surface area contributed by atoms with Crippen molar-refractivity contribution in [3.63, 3.8) is 0 Å². The summed E-state index contributed by atoms with van der Waals surface area (Å²) in [5.41, 5.74) is 3.07. The molecule has 0 fully saturated rings. The molecule has 264 valence electrons. The van der Waals surface area contributed by atoms with Gasteiger partial charge in [0.15, 0.2) is 12.4 Å². The zero-order valence-corrected chi connectivity index (χ0v) is 32.3. The number of aryl methyl sites for hydroxylation is 1. The van der Waals surface area contributed by atoms with E-state index >= 15 is 0 Å². The number of aromatic nitrogens is 1. The van der Waals surface area contributed by atoms with Gasteiger partial charge in [-0.05, 0) is 59.7 Å². The lowest BCUT2D eigenvalue weighted by Gasteiger charge is -2.24. The third kappa shape index (κ3) is 14.7. The van der Waals surface area contributed by atoms with Crippen LogP contribution in [0.1, 0.15) is 139 Å². The maximum absolute atomic E-state index is 13.4. The van der Waals surface area contributed by atoms with Crippen molar-refractivity contribution < 1.29 is 47.6 Å². The fraction of sp³-hybridized carbons (Fsp3) is 0.537. The Morgan fingerprint density at radius 3 is 1.88 bits per heavy atom. The molecule has 6 nitrogen and oxygen atoms in total. The molecule has 0 saturated heterocycles. The zero-order chi connectivity index (χ0) is 33.9. The van der Waals surface area contributed by atoms with Crippen molar-refractivity contribution in [3.8, 4) is 5.75 Å². The number of imide groups is 1. The van der Waals surface area contributed by atoms with Crippen molar-refractivity contribution in [1.82, 2.24) is 4.90 Å². The van der Waals surface area contributed by atoms with Crippen LogP contribution in [0.2, 0.25) is 0 Å². The number of halogens is 1. The number of ether oxygens (including phenoxy) is 2. The number of carbonyl (C=O) groups is 2. The number of hydrogen-bond acceptors (Lipinski definition) is 4. The Balaban J connectivity index is 0.00000800. The van der Waals surface area contributed by atoms with Crippen LogP contribution in [0, 0.1) is 0 Å². The molecule has 0 aliphatic heterocycles. The summed E-state index contributed by atoms with van der Waals surface area (Å²) in [6, 6.07) is 18.7. The lowest BCUT2D eigenvalue weighted by atomic mass is 9.85. The fourth-order valence-corrected chi connectivity index (χ4v) is 5.67. The van der Waals surface area contributed by atoms with E-state index in [0.29, 0.717) is 12.2 Å². The second-order valence-electron chi connectivity index (χ2n) is 13.7. The lowest BCUT2D eigenvalue weighted by Crippen LogP contribution is -3.00. The molecule has 2 aromatic carbocycles. The first-order valence-corrected chi connectivity index (χ1v) is 18.0. The first-order chi connectivity index (χ1) is 22.7. The smallest absolute Gasteiger partial charge is 0.417 e. The molecule has 0 saturated carbocycles. The predicted octanol–water partition coefficient (Wildman–Crippen LogP) is 7.35. The summed E-state index contributed by atoms with van der Waals surface area (Å²) in [6.45, 7) is 12.5. The Labute approximate surface area is 307 Å². The van der Waals surface area contributed by atoms with E-state index in [0.717, 1.165) is 35.4 Å². The average molecular weight is 771 g/mol. The molecule has 2 amide bonds. The molecule has 0 radical (unpaired) electrons. The molecule has 0 aliphatic carbocycles. The minimum atomic E-state index is -0.671. The lowest BCUT2D eigenvalue weighted by molar-refractivity contribution is -0.693. The van der Waals surface area contributed by atoms with Gasteiger partial charge in [0.05, 0.1) is 13.2 Å². The van der Waals surface area contributed by atoms with Crippen LogP contribution < -0.4 is 33.3 Å². The third-order valence-corrected chi connectivity index (χ3v) is 8.62. The number of amides is 2. The molecule has 1 aromatic heterocycles. The van der Waals surface area contributed by atoms with Crippen LogP contribution in [-0.2, 0) is 29.8 Å². The first kappa shape index (κ1) is 41.2. The standard InChI is InChI=1S/C41H59N2O4.HI/c1-6-8-9-10-11-12-13-14-15-16-17-21-30-46-38-25-24-35(31-37(38)41(3,4)5)33-47-40(45)43(39(44)36-22-19-18-20-23-36)32-34-26-28-42(7-2)29-27-34;/h18-20,22-29,31H,6-17,21,30,32-33H2,1-5H3;1H/q+1;/p-1. The zero-order valence-electron chi connectivity index (χ0n) is 30.1. The van der Waals surface area contributed by atoms with E-state index in [9.17, 15) is 9.59 Å². The van der Waals surface area contributed by atoms with Gasteiger partial charge in [0.25, 0.3) is 5.91 Å². The van der Waals surface area contributed by atoms with Gasteiger partial charge in [0, 0.05) is 17.7 Å². The number of nitrogens with zero attached hydrogens (tertiary/aromatic N) is 2. The third-order valence-electron chi connectivity index (χ3n) is 8.62. The van der Waals surface area contributed by atoms with Gasteiger partial charge < -0.3 is 33.5 Å². The van der Waals surface area contributed by atoms with Gasteiger partial charge in [-0.15, -0.1) is 0 Å². The number of unbranched alkanes of at least 4 members (excludes halogenated alkanes) is 11. The van der Waals surface area contributed by atoms with Gasteiger partial charge in [0.1, 0.15) is 18.9 Å². The molecule has 3 aromatic rings. The molecular formula is C41H59IN2O4. The van der Waals surface area contributed by atoms with Gasteiger partial charge in [0.2, 0.25) is 0 Å². The average Bonchev–Trinajstić information content (AvgIpc) is 3.08. The summed E-state index contributed by atoms with van der Waals surface area (Å²) in [4.78, 5) is 28.0. The molecule has 0 spiro atoms. The summed E-state index contributed by atoms with van der Waals surface area (Å²) < 4.78 is 14.1. The SMILES string of the molecule is CCCCCCCCCCCCCCOc1ccc(COC(=O)N(Cc2cc[n+](CC)cc2)C(=O)c2ccccc2)cc1C(C)(C)C.[I-]. The second-order valence-corrected chi connectivity index (χ2v) is 13.7. The van der Waals surface area contributed by atoms with Gasteiger partial charge in [-0.3, -0.25) is 4.79 Å². The van der Waals surface area contributed by atoms with Crippen LogP contribution in [0.5, 0.6) is 5.75 Å². The first-order valence-electron chi connectivity index (χ1n) is 18.0. The summed E-state index contributed by atoms with van der Waals surface area (Å²) in [6.07, 6.45) is 19.0. The van der Waals surface area contributed by atoms with Crippen LogP contribution in [0.3, 0.4) is 0 Å². The molecule has 7 heteroatoms. The van der Waals surface area contributed by atoms with Crippen LogP contribution in [0.25, 0.3) is 0 Å². The van der Waals surface area contributed by atoms with Crippen molar-refractivity contribution in [3.05, 3.63) is 95.3 Å². The van der Waals surface area contributed by atoms with Crippen LogP contribution in [0.15, 0.2) is 73.1 Å². The van der Waals surface area contributed by atoms with Crippen LogP contribution in [-0.4, -0.2) is 23.5 Å². The summed E-state index contributed by atoms with van der Waals surface area (Å²) in [7, 11) is 0. The number of pyridine rings is 1. The maximum atomic E-state index is 13.4.